The summed E-state index contributed by atoms with van der Waals surface area (Å²) in [5.41, 5.74) is 11.0. The average molecular weight is 305 g/mol. The zero-order valence-corrected chi connectivity index (χ0v) is 13.8. The summed E-state index contributed by atoms with van der Waals surface area (Å²) in [6.07, 6.45) is 0. The summed E-state index contributed by atoms with van der Waals surface area (Å²) in [6.45, 7) is 7.52. The van der Waals surface area contributed by atoms with Gasteiger partial charge in [0, 0.05) is 23.2 Å². The van der Waals surface area contributed by atoms with E-state index in [0.29, 0.717) is 0 Å². The first-order valence-corrected chi connectivity index (χ1v) is 8.17. The minimum Gasteiger partial charge on any atom is -0.399 e. The fourth-order valence-corrected chi connectivity index (χ4v) is 2.84. The largest absolute Gasteiger partial charge is 0.399 e. The summed E-state index contributed by atoms with van der Waals surface area (Å²) in [6, 6.07) is 18.6. The molecule has 0 spiro atoms. The van der Waals surface area contributed by atoms with Crippen LogP contribution in [0.5, 0.6) is 0 Å². The lowest BCUT2D eigenvalue weighted by molar-refractivity contribution is 0.296. The molecular weight excluding hydrogens is 282 g/mol. The third kappa shape index (κ3) is 3.51. The first-order chi connectivity index (χ1) is 11.2. The van der Waals surface area contributed by atoms with E-state index in [0.717, 1.165) is 42.1 Å². The molecule has 0 radical (unpaired) electrons. The topological polar surface area (TPSA) is 42.2 Å². The number of hydrogen-bond donors (Lipinski definition) is 1. The van der Waals surface area contributed by atoms with Crippen molar-refractivity contribution in [3.05, 3.63) is 60.2 Å². The number of anilines is 1. The molecule has 3 aromatic rings. The van der Waals surface area contributed by atoms with Crippen molar-refractivity contribution in [2.24, 2.45) is 0 Å². The molecule has 1 heterocycles. The Morgan fingerprint density at radius 3 is 2.52 bits per heavy atom. The van der Waals surface area contributed by atoms with Gasteiger partial charge in [-0.25, -0.2) is 4.98 Å². The number of nitrogen functional groups attached to an aromatic ring is 1. The quantitative estimate of drug-likeness (QED) is 0.714. The second-order valence-corrected chi connectivity index (χ2v) is 5.81. The van der Waals surface area contributed by atoms with Gasteiger partial charge in [0.05, 0.1) is 11.2 Å². The molecule has 0 saturated heterocycles. The lowest BCUT2D eigenvalue weighted by atomic mass is 10.1. The molecule has 0 aliphatic rings. The van der Waals surface area contributed by atoms with E-state index >= 15 is 0 Å². The Morgan fingerprint density at radius 2 is 1.78 bits per heavy atom. The molecule has 0 aliphatic carbocycles. The fourth-order valence-electron chi connectivity index (χ4n) is 2.84. The van der Waals surface area contributed by atoms with E-state index in [-0.39, 0.29) is 0 Å². The lowest BCUT2D eigenvalue weighted by Crippen LogP contribution is -2.21. The summed E-state index contributed by atoms with van der Waals surface area (Å²) in [7, 11) is 0. The van der Waals surface area contributed by atoms with Crippen molar-refractivity contribution in [2.75, 3.05) is 18.8 Å². The number of rotatable bonds is 5. The van der Waals surface area contributed by atoms with Gasteiger partial charge in [-0.05, 0) is 49.0 Å². The van der Waals surface area contributed by atoms with Crippen LogP contribution in [0.2, 0.25) is 0 Å². The maximum Gasteiger partial charge on any atom is 0.0710 e. The van der Waals surface area contributed by atoms with Crippen molar-refractivity contribution in [2.45, 2.75) is 20.4 Å². The van der Waals surface area contributed by atoms with Gasteiger partial charge in [0.1, 0.15) is 0 Å². The molecule has 23 heavy (non-hydrogen) atoms. The normalized spacial score (nSPS) is 11.3. The predicted octanol–water partition coefficient (Wildman–Crippen LogP) is 4.33. The Bertz CT molecular complexity index is 807. The van der Waals surface area contributed by atoms with Gasteiger partial charge in [-0.1, -0.05) is 38.1 Å². The molecule has 3 nitrogen and oxygen atoms in total. The van der Waals surface area contributed by atoms with Gasteiger partial charge in [0.25, 0.3) is 0 Å². The van der Waals surface area contributed by atoms with Crippen LogP contribution in [0, 0.1) is 0 Å². The van der Waals surface area contributed by atoms with E-state index in [1.165, 1.54) is 10.9 Å². The molecule has 2 aromatic carbocycles. The Morgan fingerprint density at radius 1 is 0.957 bits per heavy atom. The smallest absolute Gasteiger partial charge is 0.0710 e. The Kier molecular flexibility index (Phi) is 4.58. The Hall–Kier alpha value is -2.39. The number of benzene rings is 2. The van der Waals surface area contributed by atoms with Crippen molar-refractivity contribution in [1.82, 2.24) is 9.88 Å². The maximum atomic E-state index is 5.87. The van der Waals surface area contributed by atoms with Crippen LogP contribution in [0.25, 0.3) is 22.2 Å². The van der Waals surface area contributed by atoms with Gasteiger partial charge in [-0.2, -0.15) is 0 Å². The molecule has 0 atom stereocenters. The SMILES string of the molecule is CCN(CC)Cc1ccc2nc(-c3cccc(N)c3)ccc2c1. The number of nitrogens with zero attached hydrogens (tertiary/aromatic N) is 2. The number of pyridine rings is 1. The molecule has 0 fully saturated rings. The molecule has 3 heteroatoms. The first-order valence-electron chi connectivity index (χ1n) is 8.17. The van der Waals surface area contributed by atoms with Crippen LogP contribution in [0.4, 0.5) is 5.69 Å². The van der Waals surface area contributed by atoms with Crippen LogP contribution in [0.1, 0.15) is 19.4 Å². The number of hydrogen-bond acceptors (Lipinski definition) is 3. The maximum absolute atomic E-state index is 5.87. The van der Waals surface area contributed by atoms with Crippen LogP contribution in [0.3, 0.4) is 0 Å². The summed E-state index contributed by atoms with van der Waals surface area (Å²) in [4.78, 5) is 7.19. The zero-order valence-electron chi connectivity index (χ0n) is 13.8. The van der Waals surface area contributed by atoms with Crippen molar-refractivity contribution in [3.63, 3.8) is 0 Å². The molecule has 3 rings (SSSR count). The molecule has 118 valence electrons. The molecule has 2 N–H and O–H groups in total. The minimum atomic E-state index is 0.763. The van der Waals surface area contributed by atoms with Crippen LogP contribution in [-0.2, 0) is 6.54 Å². The molecule has 0 bridgehead atoms. The van der Waals surface area contributed by atoms with Crippen molar-refractivity contribution in [1.29, 1.82) is 0 Å². The van der Waals surface area contributed by atoms with E-state index in [4.69, 9.17) is 10.7 Å². The van der Waals surface area contributed by atoms with E-state index in [1.807, 2.05) is 24.3 Å². The molecule has 0 saturated carbocycles. The van der Waals surface area contributed by atoms with E-state index in [9.17, 15) is 0 Å². The standard InChI is InChI=1S/C20H23N3/c1-3-23(4-2)14-15-8-10-19-17(12-15)9-11-20(22-19)16-6-5-7-18(21)13-16/h5-13H,3-4,14,21H2,1-2H3. The predicted molar refractivity (Wildman–Crippen MR) is 98.2 cm³/mol. The van der Waals surface area contributed by atoms with Gasteiger partial charge in [0.15, 0.2) is 0 Å². The van der Waals surface area contributed by atoms with Crippen LogP contribution >= 0.6 is 0 Å². The summed E-state index contributed by atoms with van der Waals surface area (Å²) in [5, 5.41) is 1.18. The second-order valence-electron chi connectivity index (χ2n) is 5.81. The lowest BCUT2D eigenvalue weighted by Gasteiger charge is -2.18. The third-order valence-corrected chi connectivity index (χ3v) is 4.24. The Balaban J connectivity index is 1.92. The molecule has 0 amide bonds. The summed E-state index contributed by atoms with van der Waals surface area (Å²) < 4.78 is 0. The van der Waals surface area contributed by atoms with Gasteiger partial charge in [0.2, 0.25) is 0 Å². The van der Waals surface area contributed by atoms with Crippen LogP contribution < -0.4 is 5.73 Å². The molecule has 1 aromatic heterocycles. The Labute approximate surface area is 137 Å². The average Bonchev–Trinajstić information content (AvgIpc) is 2.59. The highest BCUT2D eigenvalue weighted by Gasteiger charge is 2.05. The van der Waals surface area contributed by atoms with Gasteiger partial charge in [-0.3, -0.25) is 4.90 Å². The highest BCUT2D eigenvalue weighted by molar-refractivity contribution is 5.82. The van der Waals surface area contributed by atoms with Gasteiger partial charge >= 0.3 is 0 Å². The highest BCUT2D eigenvalue weighted by atomic mass is 15.1. The van der Waals surface area contributed by atoms with Crippen LogP contribution in [-0.4, -0.2) is 23.0 Å². The first kappa shape index (κ1) is 15.5. The van der Waals surface area contributed by atoms with Crippen molar-refractivity contribution < 1.29 is 0 Å². The number of aromatic nitrogens is 1. The monoisotopic (exact) mass is 305 g/mol. The second kappa shape index (κ2) is 6.80. The summed E-state index contributed by atoms with van der Waals surface area (Å²) in [5.74, 6) is 0. The third-order valence-electron chi connectivity index (χ3n) is 4.24. The van der Waals surface area contributed by atoms with Crippen molar-refractivity contribution >= 4 is 16.6 Å². The van der Waals surface area contributed by atoms with Crippen molar-refractivity contribution in [3.8, 4) is 11.3 Å². The van der Waals surface area contributed by atoms with E-state index in [2.05, 4.69) is 49.1 Å². The van der Waals surface area contributed by atoms with Crippen LogP contribution in [0.15, 0.2) is 54.6 Å². The van der Waals surface area contributed by atoms with E-state index < -0.39 is 0 Å². The highest BCUT2D eigenvalue weighted by Crippen LogP contribution is 2.23. The molecular formula is C20H23N3. The van der Waals surface area contributed by atoms with E-state index in [1.54, 1.807) is 0 Å². The zero-order chi connectivity index (χ0) is 16.2. The molecule has 0 aliphatic heterocycles. The number of nitrogens with two attached hydrogens (primary N) is 1. The molecule has 0 unspecified atom stereocenters. The van der Waals surface area contributed by atoms with Gasteiger partial charge in [-0.15, -0.1) is 0 Å². The fraction of sp³-hybridized carbons (Fsp3) is 0.250. The minimum absolute atomic E-state index is 0.763. The van der Waals surface area contributed by atoms with Gasteiger partial charge < -0.3 is 5.73 Å². The summed E-state index contributed by atoms with van der Waals surface area (Å²) >= 11 is 0. The number of fused-ring (bicyclic) bond motifs is 1.